The fourth-order valence-electron chi connectivity index (χ4n) is 3.45. The Morgan fingerprint density at radius 1 is 1.06 bits per heavy atom. The lowest BCUT2D eigenvalue weighted by molar-refractivity contribution is 0.0628. The quantitative estimate of drug-likeness (QED) is 0.543. The second kappa shape index (κ2) is 9.73. The summed E-state index contributed by atoms with van der Waals surface area (Å²) in [5.74, 6) is 1.11. The molecule has 4 rings (SSSR count). The number of ether oxygens (including phenoxy) is 1. The van der Waals surface area contributed by atoms with E-state index in [0.29, 0.717) is 35.8 Å². The number of pyridine rings is 1. The van der Waals surface area contributed by atoms with Crippen LogP contribution in [0.1, 0.15) is 21.5 Å². The molecule has 1 aromatic heterocycles. The highest BCUT2D eigenvalue weighted by molar-refractivity contribution is 9.10. The third-order valence-corrected chi connectivity index (χ3v) is 5.64. The van der Waals surface area contributed by atoms with Crippen molar-refractivity contribution in [1.29, 1.82) is 5.26 Å². The van der Waals surface area contributed by atoms with E-state index in [1.807, 2.05) is 53.4 Å². The van der Waals surface area contributed by atoms with E-state index in [1.165, 1.54) is 5.56 Å². The second-order valence-electron chi connectivity index (χ2n) is 7.32. The molecular weight excluding hydrogens is 456 g/mol. The molecule has 0 N–H and O–H groups in total. The molecular formula is C24H21BrN4O2. The van der Waals surface area contributed by atoms with Crippen molar-refractivity contribution in [3.05, 3.63) is 88.0 Å². The zero-order valence-corrected chi connectivity index (χ0v) is 18.5. The van der Waals surface area contributed by atoms with Crippen molar-refractivity contribution in [2.75, 3.05) is 26.2 Å². The van der Waals surface area contributed by atoms with E-state index in [9.17, 15) is 4.79 Å². The first-order chi connectivity index (χ1) is 15.1. The molecule has 1 fully saturated rings. The Morgan fingerprint density at radius 3 is 2.48 bits per heavy atom. The highest BCUT2D eigenvalue weighted by Crippen LogP contribution is 2.23. The molecule has 6 nitrogen and oxygen atoms in total. The van der Waals surface area contributed by atoms with Gasteiger partial charge in [-0.25, -0.2) is 4.98 Å². The van der Waals surface area contributed by atoms with Crippen molar-refractivity contribution in [1.82, 2.24) is 14.8 Å². The molecule has 0 spiro atoms. The number of halogens is 1. The topological polar surface area (TPSA) is 69.5 Å². The van der Waals surface area contributed by atoms with E-state index < -0.39 is 0 Å². The number of carbonyl (C=O) groups excluding carboxylic acids is 1. The van der Waals surface area contributed by atoms with E-state index in [1.54, 1.807) is 18.3 Å². The van der Waals surface area contributed by atoms with Gasteiger partial charge in [-0.1, -0.05) is 34.1 Å². The van der Waals surface area contributed by atoms with E-state index in [-0.39, 0.29) is 5.91 Å². The van der Waals surface area contributed by atoms with Crippen LogP contribution in [0, 0.1) is 11.3 Å². The molecule has 31 heavy (non-hydrogen) atoms. The van der Waals surface area contributed by atoms with Gasteiger partial charge in [0.15, 0.2) is 0 Å². The largest absolute Gasteiger partial charge is 0.439 e. The number of amides is 1. The standard InChI is InChI=1S/C24H21BrN4O2/c25-21-2-1-3-22(14-21)31-23-9-8-20(16-27-23)24(30)29-12-10-28(11-13-29)17-19-6-4-18(15-26)5-7-19/h1-9,14,16H,10-13,17H2. The van der Waals surface area contributed by atoms with Gasteiger partial charge < -0.3 is 9.64 Å². The fraction of sp³-hybridized carbons (Fsp3) is 0.208. The van der Waals surface area contributed by atoms with Gasteiger partial charge in [0, 0.05) is 49.5 Å². The van der Waals surface area contributed by atoms with Crippen molar-refractivity contribution in [2.45, 2.75) is 6.54 Å². The maximum atomic E-state index is 12.8. The van der Waals surface area contributed by atoms with Crippen molar-refractivity contribution in [2.24, 2.45) is 0 Å². The third-order valence-electron chi connectivity index (χ3n) is 5.15. The summed E-state index contributed by atoms with van der Waals surface area (Å²) in [7, 11) is 0. The molecule has 1 saturated heterocycles. The summed E-state index contributed by atoms with van der Waals surface area (Å²) in [6, 6.07) is 20.8. The fourth-order valence-corrected chi connectivity index (χ4v) is 3.83. The van der Waals surface area contributed by atoms with Gasteiger partial charge in [-0.2, -0.15) is 5.26 Å². The van der Waals surface area contributed by atoms with Gasteiger partial charge in [-0.05, 0) is 42.0 Å². The summed E-state index contributed by atoms with van der Waals surface area (Å²) in [5.41, 5.74) is 2.40. The first kappa shape index (κ1) is 21.0. The van der Waals surface area contributed by atoms with Gasteiger partial charge in [0.1, 0.15) is 5.75 Å². The maximum Gasteiger partial charge on any atom is 0.255 e. The van der Waals surface area contributed by atoms with Gasteiger partial charge >= 0.3 is 0 Å². The first-order valence-electron chi connectivity index (χ1n) is 10.0. The van der Waals surface area contributed by atoms with Crippen LogP contribution in [0.2, 0.25) is 0 Å². The van der Waals surface area contributed by atoms with E-state index in [0.717, 1.165) is 24.1 Å². The van der Waals surface area contributed by atoms with Crippen LogP contribution < -0.4 is 4.74 Å². The summed E-state index contributed by atoms with van der Waals surface area (Å²) in [5, 5.41) is 8.91. The normalized spacial score (nSPS) is 14.1. The number of carbonyl (C=O) groups is 1. The molecule has 0 bridgehead atoms. The molecule has 0 radical (unpaired) electrons. The Kier molecular flexibility index (Phi) is 6.60. The summed E-state index contributed by atoms with van der Waals surface area (Å²) in [4.78, 5) is 21.3. The Labute approximate surface area is 189 Å². The molecule has 1 aliphatic rings. The van der Waals surface area contributed by atoms with Crippen molar-refractivity contribution < 1.29 is 9.53 Å². The van der Waals surface area contributed by atoms with Gasteiger partial charge in [0.05, 0.1) is 17.2 Å². The van der Waals surface area contributed by atoms with Gasteiger partial charge in [-0.15, -0.1) is 0 Å². The summed E-state index contributed by atoms with van der Waals surface area (Å²) in [6.07, 6.45) is 1.57. The van der Waals surface area contributed by atoms with Crippen LogP contribution in [-0.2, 0) is 6.54 Å². The molecule has 0 atom stereocenters. The first-order valence-corrected chi connectivity index (χ1v) is 10.8. The minimum absolute atomic E-state index is 0.0143. The van der Waals surface area contributed by atoms with Crippen LogP contribution in [0.15, 0.2) is 71.3 Å². The van der Waals surface area contributed by atoms with Crippen molar-refractivity contribution in [3.8, 4) is 17.7 Å². The lowest BCUT2D eigenvalue weighted by atomic mass is 10.1. The van der Waals surface area contributed by atoms with E-state index in [4.69, 9.17) is 10.00 Å². The maximum absolute atomic E-state index is 12.8. The zero-order valence-electron chi connectivity index (χ0n) is 16.9. The molecule has 1 aliphatic heterocycles. The van der Waals surface area contributed by atoms with Gasteiger partial charge in [0.25, 0.3) is 5.91 Å². The average Bonchev–Trinajstić information content (AvgIpc) is 2.80. The summed E-state index contributed by atoms with van der Waals surface area (Å²) in [6.45, 7) is 3.78. The third kappa shape index (κ3) is 5.48. The van der Waals surface area contributed by atoms with Crippen LogP contribution in [0.25, 0.3) is 0 Å². The Balaban J connectivity index is 1.30. The van der Waals surface area contributed by atoms with Crippen LogP contribution in [0.4, 0.5) is 0 Å². The molecule has 1 amide bonds. The minimum atomic E-state index is -0.0143. The SMILES string of the molecule is N#Cc1ccc(CN2CCN(C(=O)c3ccc(Oc4cccc(Br)c4)nc3)CC2)cc1. The van der Waals surface area contributed by atoms with E-state index >= 15 is 0 Å². The molecule has 0 unspecified atom stereocenters. The van der Waals surface area contributed by atoms with E-state index in [2.05, 4.69) is 31.9 Å². The Hall–Kier alpha value is -3.21. The van der Waals surface area contributed by atoms with Gasteiger partial charge in [0.2, 0.25) is 5.88 Å². The average molecular weight is 477 g/mol. The van der Waals surface area contributed by atoms with Crippen molar-refractivity contribution in [3.63, 3.8) is 0 Å². The number of benzene rings is 2. The minimum Gasteiger partial charge on any atom is -0.439 e. The molecule has 156 valence electrons. The molecule has 3 aromatic rings. The number of hydrogen-bond donors (Lipinski definition) is 0. The lowest BCUT2D eigenvalue weighted by Gasteiger charge is -2.34. The predicted molar refractivity (Wildman–Crippen MR) is 121 cm³/mol. The Morgan fingerprint density at radius 2 is 1.84 bits per heavy atom. The monoisotopic (exact) mass is 476 g/mol. The highest BCUT2D eigenvalue weighted by Gasteiger charge is 2.22. The number of aromatic nitrogens is 1. The number of piperazine rings is 1. The Bertz CT molecular complexity index is 1090. The highest BCUT2D eigenvalue weighted by atomic mass is 79.9. The predicted octanol–water partition coefficient (Wildman–Crippen LogP) is 4.47. The molecule has 0 saturated carbocycles. The number of hydrogen-bond acceptors (Lipinski definition) is 5. The van der Waals surface area contributed by atoms with Crippen LogP contribution >= 0.6 is 15.9 Å². The zero-order chi connectivity index (χ0) is 21.6. The molecule has 0 aliphatic carbocycles. The lowest BCUT2D eigenvalue weighted by Crippen LogP contribution is -2.48. The summed E-state index contributed by atoms with van der Waals surface area (Å²) < 4.78 is 6.66. The molecule has 7 heteroatoms. The van der Waals surface area contributed by atoms with Crippen molar-refractivity contribution >= 4 is 21.8 Å². The van der Waals surface area contributed by atoms with Crippen LogP contribution in [0.3, 0.4) is 0 Å². The number of rotatable bonds is 5. The van der Waals surface area contributed by atoms with Gasteiger partial charge in [-0.3, -0.25) is 9.69 Å². The smallest absolute Gasteiger partial charge is 0.255 e. The molecule has 2 heterocycles. The number of nitriles is 1. The second-order valence-corrected chi connectivity index (χ2v) is 8.24. The van der Waals surface area contributed by atoms with Crippen LogP contribution in [0.5, 0.6) is 11.6 Å². The number of nitrogens with zero attached hydrogens (tertiary/aromatic N) is 4. The van der Waals surface area contributed by atoms with Crippen LogP contribution in [-0.4, -0.2) is 46.9 Å². The summed E-state index contributed by atoms with van der Waals surface area (Å²) >= 11 is 3.41. The molecule has 2 aromatic carbocycles.